The first-order valence-electron chi connectivity index (χ1n) is 8.55. The number of aromatic nitrogens is 1. The number of hydrogen-bond acceptors (Lipinski definition) is 4. The van der Waals surface area contributed by atoms with Crippen molar-refractivity contribution >= 4 is 39.5 Å². The number of carbonyl (C=O) groups is 2. The van der Waals surface area contributed by atoms with E-state index in [4.69, 9.17) is 16.3 Å². The van der Waals surface area contributed by atoms with E-state index in [0.29, 0.717) is 35.9 Å². The molecule has 0 aliphatic carbocycles. The van der Waals surface area contributed by atoms with Crippen LogP contribution >= 0.6 is 27.5 Å². The summed E-state index contributed by atoms with van der Waals surface area (Å²) in [5, 5.41) is 0.357. The van der Waals surface area contributed by atoms with Gasteiger partial charge in [-0.05, 0) is 46.5 Å². The van der Waals surface area contributed by atoms with Gasteiger partial charge in [0.25, 0.3) is 0 Å². The Hall–Kier alpha value is -1.34. The van der Waals surface area contributed by atoms with E-state index in [1.165, 1.54) is 0 Å². The highest BCUT2D eigenvalue weighted by atomic mass is 79.9. The molecular weight excluding hydrogens is 410 g/mol. The van der Waals surface area contributed by atoms with Crippen LogP contribution in [0, 0.1) is 0 Å². The summed E-state index contributed by atoms with van der Waals surface area (Å²) in [6.07, 6.45) is 2.79. The van der Waals surface area contributed by atoms with Gasteiger partial charge in [0, 0.05) is 19.5 Å². The van der Waals surface area contributed by atoms with Gasteiger partial charge in [-0.1, -0.05) is 24.9 Å². The summed E-state index contributed by atoms with van der Waals surface area (Å²) in [5.74, 6) is 0.123. The molecule has 2 saturated heterocycles. The Balaban J connectivity index is 1.83. The van der Waals surface area contributed by atoms with E-state index in [-0.39, 0.29) is 24.1 Å². The average Bonchev–Trinajstić information content (AvgIpc) is 2.94. The van der Waals surface area contributed by atoms with Crippen LogP contribution in [0.25, 0.3) is 0 Å². The van der Waals surface area contributed by atoms with Gasteiger partial charge in [-0.3, -0.25) is 4.79 Å². The maximum Gasteiger partial charge on any atom is 0.409 e. The molecule has 1 aromatic rings. The van der Waals surface area contributed by atoms with Gasteiger partial charge in [0.1, 0.15) is 9.76 Å². The van der Waals surface area contributed by atoms with Gasteiger partial charge in [0.15, 0.2) is 0 Å². The van der Waals surface area contributed by atoms with E-state index in [1.807, 2.05) is 11.0 Å². The van der Waals surface area contributed by atoms with Crippen LogP contribution in [0.15, 0.2) is 16.7 Å². The van der Waals surface area contributed by atoms with Gasteiger partial charge in [0.2, 0.25) is 5.91 Å². The SMILES string of the molecule is CCCCOC(=O)N1CC(c2cc(Cl)nc(Br)c2)N2C(=O)CC[C@@H]2C1. The molecule has 0 bridgehead atoms. The quantitative estimate of drug-likeness (QED) is 0.539. The molecular formula is C17H21BrClN3O3. The Labute approximate surface area is 160 Å². The van der Waals surface area contributed by atoms with E-state index < -0.39 is 0 Å². The number of hydrogen-bond donors (Lipinski definition) is 0. The number of fused-ring (bicyclic) bond motifs is 1. The number of amides is 2. The first-order chi connectivity index (χ1) is 12.0. The Morgan fingerprint density at radius 2 is 2.24 bits per heavy atom. The van der Waals surface area contributed by atoms with Crippen molar-refractivity contribution in [2.45, 2.75) is 44.7 Å². The zero-order valence-electron chi connectivity index (χ0n) is 14.1. The third-order valence-corrected chi connectivity index (χ3v) is 5.28. The van der Waals surface area contributed by atoms with Crippen molar-refractivity contribution in [3.63, 3.8) is 0 Å². The first kappa shape index (κ1) is 18.5. The molecule has 0 spiro atoms. The summed E-state index contributed by atoms with van der Waals surface area (Å²) in [5.41, 5.74) is 0.873. The van der Waals surface area contributed by atoms with Crippen LogP contribution in [0.4, 0.5) is 4.79 Å². The van der Waals surface area contributed by atoms with Crippen LogP contribution in [0.5, 0.6) is 0 Å². The number of unbranched alkanes of at least 4 members (excludes halogenated alkanes) is 1. The lowest BCUT2D eigenvalue weighted by atomic mass is 10.0. The van der Waals surface area contributed by atoms with Crippen LogP contribution in [0.3, 0.4) is 0 Å². The van der Waals surface area contributed by atoms with Crippen molar-refractivity contribution < 1.29 is 14.3 Å². The van der Waals surface area contributed by atoms with E-state index in [1.54, 1.807) is 11.0 Å². The number of nitrogens with zero attached hydrogens (tertiary/aromatic N) is 3. The van der Waals surface area contributed by atoms with Crippen LogP contribution < -0.4 is 0 Å². The van der Waals surface area contributed by atoms with E-state index in [0.717, 1.165) is 24.8 Å². The van der Waals surface area contributed by atoms with E-state index in [2.05, 4.69) is 27.8 Å². The fourth-order valence-corrected chi connectivity index (χ4v) is 4.26. The molecule has 2 atom stereocenters. The second kappa shape index (κ2) is 7.91. The van der Waals surface area contributed by atoms with Gasteiger partial charge < -0.3 is 14.5 Å². The normalized spacial score (nSPS) is 22.9. The molecule has 8 heteroatoms. The molecule has 0 radical (unpaired) electrons. The molecule has 3 heterocycles. The van der Waals surface area contributed by atoms with Crippen molar-refractivity contribution in [3.8, 4) is 0 Å². The maximum atomic E-state index is 12.4. The summed E-state index contributed by atoms with van der Waals surface area (Å²) in [6.45, 7) is 3.40. The van der Waals surface area contributed by atoms with Gasteiger partial charge in [-0.15, -0.1) is 0 Å². The van der Waals surface area contributed by atoms with Gasteiger partial charge in [0.05, 0.1) is 18.7 Å². The standard InChI is InChI=1S/C17H21BrClN3O3/c1-2-3-6-25-17(24)21-9-12-4-5-16(23)22(12)13(10-21)11-7-14(18)20-15(19)8-11/h7-8,12-13H,2-6,9-10H2,1H3/t12-,13?/m1/s1. The summed E-state index contributed by atoms with van der Waals surface area (Å²) in [7, 11) is 0. The largest absolute Gasteiger partial charge is 0.449 e. The monoisotopic (exact) mass is 429 g/mol. The minimum absolute atomic E-state index is 0.0238. The zero-order chi connectivity index (χ0) is 18.0. The fourth-order valence-electron chi connectivity index (χ4n) is 3.48. The molecule has 1 aromatic heterocycles. The molecule has 0 saturated carbocycles. The number of carbonyl (C=O) groups excluding carboxylic acids is 2. The summed E-state index contributed by atoms with van der Waals surface area (Å²) < 4.78 is 5.98. The Morgan fingerprint density at radius 1 is 1.44 bits per heavy atom. The number of ether oxygens (including phenoxy) is 1. The molecule has 6 nitrogen and oxygen atoms in total. The number of halogens is 2. The summed E-state index contributed by atoms with van der Waals surface area (Å²) in [4.78, 5) is 32.5. The summed E-state index contributed by atoms with van der Waals surface area (Å²) in [6, 6.07) is 3.40. The second-order valence-electron chi connectivity index (χ2n) is 6.43. The fraction of sp³-hybridized carbons (Fsp3) is 0.588. The van der Waals surface area contributed by atoms with Crippen LogP contribution in [0.1, 0.15) is 44.2 Å². The molecule has 2 fully saturated rings. The first-order valence-corrected chi connectivity index (χ1v) is 9.72. The Bertz CT molecular complexity index is 652. The highest BCUT2D eigenvalue weighted by molar-refractivity contribution is 9.10. The van der Waals surface area contributed by atoms with Crippen molar-refractivity contribution in [1.82, 2.24) is 14.8 Å². The molecule has 2 aliphatic rings. The minimum Gasteiger partial charge on any atom is -0.449 e. The third kappa shape index (κ3) is 4.08. The highest BCUT2D eigenvalue weighted by Crippen LogP contribution is 2.36. The second-order valence-corrected chi connectivity index (χ2v) is 7.63. The average molecular weight is 431 g/mol. The molecule has 3 rings (SSSR count). The predicted molar refractivity (Wildman–Crippen MR) is 97.4 cm³/mol. The Kier molecular flexibility index (Phi) is 5.84. The van der Waals surface area contributed by atoms with E-state index in [9.17, 15) is 9.59 Å². The molecule has 2 amide bonds. The molecule has 136 valence electrons. The lowest BCUT2D eigenvalue weighted by molar-refractivity contribution is -0.134. The molecule has 0 N–H and O–H groups in total. The highest BCUT2D eigenvalue weighted by Gasteiger charge is 2.43. The van der Waals surface area contributed by atoms with Gasteiger partial charge in [-0.2, -0.15) is 0 Å². The van der Waals surface area contributed by atoms with Gasteiger partial charge in [-0.25, -0.2) is 9.78 Å². The number of piperazine rings is 1. The molecule has 2 aliphatic heterocycles. The van der Waals surface area contributed by atoms with Crippen molar-refractivity contribution in [2.24, 2.45) is 0 Å². The minimum atomic E-state index is -0.309. The smallest absolute Gasteiger partial charge is 0.409 e. The van der Waals surface area contributed by atoms with Crippen molar-refractivity contribution in [3.05, 3.63) is 27.5 Å². The van der Waals surface area contributed by atoms with Crippen molar-refractivity contribution in [2.75, 3.05) is 19.7 Å². The number of rotatable bonds is 4. The number of pyridine rings is 1. The topological polar surface area (TPSA) is 62.7 Å². The van der Waals surface area contributed by atoms with Crippen LogP contribution in [-0.4, -0.2) is 52.5 Å². The maximum absolute atomic E-state index is 12.4. The zero-order valence-corrected chi connectivity index (χ0v) is 16.4. The molecule has 25 heavy (non-hydrogen) atoms. The molecule has 0 aromatic carbocycles. The van der Waals surface area contributed by atoms with Crippen LogP contribution in [-0.2, 0) is 9.53 Å². The van der Waals surface area contributed by atoms with E-state index >= 15 is 0 Å². The lowest BCUT2D eigenvalue weighted by Crippen LogP contribution is -2.54. The summed E-state index contributed by atoms with van der Waals surface area (Å²) >= 11 is 9.43. The predicted octanol–water partition coefficient (Wildman–Crippen LogP) is 3.78. The van der Waals surface area contributed by atoms with Crippen LogP contribution in [0.2, 0.25) is 5.15 Å². The van der Waals surface area contributed by atoms with Crippen molar-refractivity contribution in [1.29, 1.82) is 0 Å². The van der Waals surface area contributed by atoms with Gasteiger partial charge >= 0.3 is 6.09 Å². The Morgan fingerprint density at radius 3 is 2.96 bits per heavy atom. The third-order valence-electron chi connectivity index (χ3n) is 4.68. The molecule has 1 unspecified atom stereocenters. The lowest BCUT2D eigenvalue weighted by Gasteiger charge is -2.43.